The van der Waals surface area contributed by atoms with E-state index < -0.39 is 0 Å². The zero-order valence-electron chi connectivity index (χ0n) is 9.40. The van der Waals surface area contributed by atoms with Crippen LogP contribution in [0.5, 0.6) is 5.75 Å². The summed E-state index contributed by atoms with van der Waals surface area (Å²) >= 11 is 0. The van der Waals surface area contributed by atoms with Gasteiger partial charge in [0, 0.05) is 18.0 Å². The lowest BCUT2D eigenvalue weighted by Gasteiger charge is -2.02. The van der Waals surface area contributed by atoms with Gasteiger partial charge in [0.25, 0.3) is 0 Å². The van der Waals surface area contributed by atoms with Crippen molar-refractivity contribution in [3.63, 3.8) is 0 Å². The van der Waals surface area contributed by atoms with Crippen LogP contribution in [0, 0.1) is 0 Å². The number of carbonyl (C=O) groups excluding carboxylic acids is 1. The summed E-state index contributed by atoms with van der Waals surface area (Å²) in [5.41, 5.74) is 0.876. The molecule has 0 spiro atoms. The molecule has 1 aromatic rings. The molecule has 0 amide bonds. The van der Waals surface area contributed by atoms with Gasteiger partial charge in [0.05, 0.1) is 13.7 Å². The number of nitrogens with one attached hydrogen (secondary N) is 1. The Morgan fingerprint density at radius 3 is 2.62 bits per heavy atom. The molecule has 0 aromatic heterocycles. The normalized spacial score (nSPS) is 10.1. The van der Waals surface area contributed by atoms with Gasteiger partial charge in [-0.2, -0.15) is 0 Å². The van der Waals surface area contributed by atoms with Crippen LogP contribution in [-0.4, -0.2) is 19.7 Å². The lowest BCUT2D eigenvalue weighted by Crippen LogP contribution is -2.00. The van der Waals surface area contributed by atoms with E-state index in [4.69, 9.17) is 9.47 Å². The number of esters is 1. The Labute approximate surface area is 94.9 Å². The van der Waals surface area contributed by atoms with Gasteiger partial charge in [0.1, 0.15) is 5.75 Å². The summed E-state index contributed by atoms with van der Waals surface area (Å²) in [6.07, 6.45) is 2.88. The summed E-state index contributed by atoms with van der Waals surface area (Å²) < 4.78 is 9.75. The number of methoxy groups -OCH3 is 1. The zero-order valence-corrected chi connectivity index (χ0v) is 9.40. The van der Waals surface area contributed by atoms with Crippen molar-refractivity contribution in [3.05, 3.63) is 36.5 Å². The summed E-state index contributed by atoms with van der Waals surface area (Å²) in [5, 5.41) is 2.95. The molecule has 0 saturated carbocycles. The molecule has 0 bridgehead atoms. The Morgan fingerprint density at radius 2 is 2.06 bits per heavy atom. The molecule has 0 aliphatic heterocycles. The molecule has 0 saturated heterocycles. The molecule has 4 nitrogen and oxygen atoms in total. The highest BCUT2D eigenvalue weighted by Crippen LogP contribution is 2.14. The van der Waals surface area contributed by atoms with Crippen LogP contribution in [0.15, 0.2) is 36.5 Å². The number of hydrogen-bond acceptors (Lipinski definition) is 4. The molecule has 0 heterocycles. The van der Waals surface area contributed by atoms with Crippen molar-refractivity contribution in [2.24, 2.45) is 0 Å². The topological polar surface area (TPSA) is 47.6 Å². The number of benzene rings is 1. The second kappa shape index (κ2) is 6.50. The molecule has 86 valence electrons. The SMILES string of the molecule is CCOC(=O)/C=C\Nc1ccc(OC)cc1. The molecule has 1 aromatic carbocycles. The van der Waals surface area contributed by atoms with E-state index in [1.807, 2.05) is 24.3 Å². The third-order valence-electron chi connectivity index (χ3n) is 1.85. The number of carbonyl (C=O) groups is 1. The Kier molecular flexibility index (Phi) is 4.92. The van der Waals surface area contributed by atoms with Gasteiger partial charge in [0.2, 0.25) is 0 Å². The molecule has 4 heteroatoms. The van der Waals surface area contributed by atoms with Gasteiger partial charge in [-0.05, 0) is 31.2 Å². The van der Waals surface area contributed by atoms with Crippen molar-refractivity contribution in [1.82, 2.24) is 0 Å². The zero-order chi connectivity index (χ0) is 11.8. The first-order valence-corrected chi connectivity index (χ1v) is 5.00. The van der Waals surface area contributed by atoms with Crippen molar-refractivity contribution in [3.8, 4) is 5.75 Å². The maximum Gasteiger partial charge on any atom is 0.332 e. The predicted molar refractivity (Wildman–Crippen MR) is 62.4 cm³/mol. The summed E-state index contributed by atoms with van der Waals surface area (Å²) in [4.78, 5) is 11.0. The van der Waals surface area contributed by atoms with Crippen molar-refractivity contribution in [1.29, 1.82) is 0 Å². The highest BCUT2D eigenvalue weighted by Gasteiger charge is 1.93. The van der Waals surface area contributed by atoms with Crippen LogP contribution >= 0.6 is 0 Å². The fourth-order valence-corrected chi connectivity index (χ4v) is 1.08. The van der Waals surface area contributed by atoms with Gasteiger partial charge in [-0.1, -0.05) is 0 Å². The highest BCUT2D eigenvalue weighted by molar-refractivity contribution is 5.82. The van der Waals surface area contributed by atoms with Crippen molar-refractivity contribution < 1.29 is 14.3 Å². The van der Waals surface area contributed by atoms with Gasteiger partial charge in [-0.25, -0.2) is 4.79 Å². The molecule has 1 rings (SSSR count). The molecule has 0 unspecified atom stereocenters. The predicted octanol–water partition coefficient (Wildman–Crippen LogP) is 2.18. The maximum atomic E-state index is 11.0. The van der Waals surface area contributed by atoms with Crippen LogP contribution in [0.4, 0.5) is 5.69 Å². The lowest BCUT2D eigenvalue weighted by molar-refractivity contribution is -0.137. The minimum atomic E-state index is -0.358. The van der Waals surface area contributed by atoms with Crippen LogP contribution < -0.4 is 10.1 Å². The molecule has 0 atom stereocenters. The Hall–Kier alpha value is -1.97. The first kappa shape index (κ1) is 12.1. The van der Waals surface area contributed by atoms with E-state index in [0.29, 0.717) is 6.61 Å². The van der Waals surface area contributed by atoms with Crippen molar-refractivity contribution >= 4 is 11.7 Å². The van der Waals surface area contributed by atoms with Crippen molar-refractivity contribution in [2.45, 2.75) is 6.92 Å². The minimum absolute atomic E-state index is 0.358. The van der Waals surface area contributed by atoms with Gasteiger partial charge in [-0.3, -0.25) is 0 Å². The Bertz CT molecular complexity index is 357. The number of hydrogen-bond donors (Lipinski definition) is 1. The second-order valence-electron chi connectivity index (χ2n) is 2.96. The Balaban J connectivity index is 2.45. The second-order valence-corrected chi connectivity index (χ2v) is 2.96. The lowest BCUT2D eigenvalue weighted by atomic mass is 10.3. The number of ether oxygens (including phenoxy) is 2. The third kappa shape index (κ3) is 4.04. The fraction of sp³-hybridized carbons (Fsp3) is 0.250. The molecule has 0 fully saturated rings. The minimum Gasteiger partial charge on any atom is -0.497 e. The van der Waals surface area contributed by atoms with E-state index in [9.17, 15) is 4.79 Å². The average molecular weight is 221 g/mol. The van der Waals surface area contributed by atoms with Crippen LogP contribution in [0.3, 0.4) is 0 Å². The molecule has 0 aliphatic carbocycles. The highest BCUT2D eigenvalue weighted by atomic mass is 16.5. The number of rotatable bonds is 5. The summed E-state index contributed by atoms with van der Waals surface area (Å²) in [6, 6.07) is 7.38. The fourth-order valence-electron chi connectivity index (χ4n) is 1.08. The first-order chi connectivity index (χ1) is 7.76. The molecular weight excluding hydrogens is 206 g/mol. The van der Waals surface area contributed by atoms with Gasteiger partial charge >= 0.3 is 5.97 Å². The van der Waals surface area contributed by atoms with Crippen molar-refractivity contribution in [2.75, 3.05) is 19.0 Å². The molecule has 0 aliphatic rings. The van der Waals surface area contributed by atoms with Crippen LogP contribution in [-0.2, 0) is 9.53 Å². The van der Waals surface area contributed by atoms with E-state index in [0.717, 1.165) is 11.4 Å². The van der Waals surface area contributed by atoms with Crippen LogP contribution in [0.1, 0.15) is 6.92 Å². The number of anilines is 1. The molecule has 16 heavy (non-hydrogen) atoms. The van der Waals surface area contributed by atoms with E-state index in [1.165, 1.54) is 6.08 Å². The molecular formula is C12H15NO3. The van der Waals surface area contributed by atoms with Gasteiger partial charge < -0.3 is 14.8 Å². The monoisotopic (exact) mass is 221 g/mol. The Morgan fingerprint density at radius 1 is 1.38 bits per heavy atom. The van der Waals surface area contributed by atoms with E-state index in [-0.39, 0.29) is 5.97 Å². The third-order valence-corrected chi connectivity index (χ3v) is 1.85. The average Bonchev–Trinajstić information content (AvgIpc) is 2.30. The van der Waals surface area contributed by atoms with Gasteiger partial charge in [0.15, 0.2) is 0 Å². The molecule has 1 N–H and O–H groups in total. The summed E-state index contributed by atoms with van der Waals surface area (Å²) in [7, 11) is 1.61. The molecule has 0 radical (unpaired) electrons. The standard InChI is InChI=1S/C12H15NO3/c1-3-16-12(14)8-9-13-10-4-6-11(15-2)7-5-10/h4-9,13H,3H2,1-2H3/b9-8-. The summed E-state index contributed by atoms with van der Waals surface area (Å²) in [5.74, 6) is 0.434. The van der Waals surface area contributed by atoms with E-state index in [2.05, 4.69) is 5.32 Å². The smallest absolute Gasteiger partial charge is 0.332 e. The van der Waals surface area contributed by atoms with Crippen LogP contribution in [0.25, 0.3) is 0 Å². The van der Waals surface area contributed by atoms with Gasteiger partial charge in [-0.15, -0.1) is 0 Å². The van der Waals surface area contributed by atoms with E-state index in [1.54, 1.807) is 20.2 Å². The maximum absolute atomic E-state index is 11.0. The first-order valence-electron chi connectivity index (χ1n) is 5.00. The van der Waals surface area contributed by atoms with Crippen LogP contribution in [0.2, 0.25) is 0 Å². The quantitative estimate of drug-likeness (QED) is 0.611. The largest absolute Gasteiger partial charge is 0.497 e. The summed E-state index contributed by atoms with van der Waals surface area (Å²) in [6.45, 7) is 2.15. The van der Waals surface area contributed by atoms with E-state index >= 15 is 0 Å².